The molecule has 0 amide bonds. The zero-order chi connectivity index (χ0) is 15.3. The first kappa shape index (κ1) is 13.5. The second-order valence-electron chi connectivity index (χ2n) is 5.13. The summed E-state index contributed by atoms with van der Waals surface area (Å²) < 4.78 is 0. The number of rotatable bonds is 0. The van der Waals surface area contributed by atoms with E-state index < -0.39 is 0 Å². The fourth-order valence-electron chi connectivity index (χ4n) is 2.71. The van der Waals surface area contributed by atoms with Crippen LogP contribution in [0, 0.1) is 0 Å². The third-order valence-electron chi connectivity index (χ3n) is 3.73. The highest BCUT2D eigenvalue weighted by Gasteiger charge is 2.09. The number of fused-ring (bicyclic) bond motifs is 3. The Kier molecular flexibility index (Phi) is 3.03. The molecule has 0 radical (unpaired) electrons. The maximum Gasteiger partial charge on any atom is 0.197 e. The zero-order valence-corrected chi connectivity index (χ0v) is 12.8. The average Bonchev–Trinajstić information content (AvgIpc) is 2.63. The fourth-order valence-corrected chi connectivity index (χ4v) is 3.30. The number of hydrogen-bond donors (Lipinski definition) is 0. The van der Waals surface area contributed by atoms with Crippen LogP contribution in [-0.2, 0) is 0 Å². The topological polar surface area (TPSA) is 30.0 Å². The van der Waals surface area contributed by atoms with E-state index in [1.54, 1.807) is 12.1 Å². The molecule has 0 saturated carbocycles. The molecule has 2 nitrogen and oxygen atoms in total. The van der Waals surface area contributed by atoms with E-state index in [0.717, 1.165) is 10.9 Å². The Morgan fingerprint density at radius 1 is 0.818 bits per heavy atom. The van der Waals surface area contributed by atoms with Gasteiger partial charge >= 0.3 is 0 Å². The van der Waals surface area contributed by atoms with Crippen LogP contribution in [0.3, 0.4) is 0 Å². The molecule has 0 aliphatic heterocycles. The molecule has 0 aliphatic rings. The van der Waals surface area contributed by atoms with Crippen LogP contribution in [0.4, 0.5) is 0 Å². The Morgan fingerprint density at radius 2 is 1.64 bits per heavy atom. The Morgan fingerprint density at radius 3 is 2.50 bits per heavy atom. The lowest BCUT2D eigenvalue weighted by Gasteiger charge is -1.99. The molecule has 1 heterocycles. The van der Waals surface area contributed by atoms with Crippen LogP contribution in [0.2, 0.25) is 10.0 Å². The van der Waals surface area contributed by atoms with Crippen LogP contribution in [0.5, 0.6) is 0 Å². The van der Waals surface area contributed by atoms with Gasteiger partial charge in [-0.3, -0.25) is 4.79 Å². The van der Waals surface area contributed by atoms with Gasteiger partial charge in [0, 0.05) is 21.2 Å². The summed E-state index contributed by atoms with van der Waals surface area (Å²) in [6.07, 6.45) is 0. The van der Waals surface area contributed by atoms with Gasteiger partial charge < -0.3 is 0 Å². The normalized spacial score (nSPS) is 11.4. The van der Waals surface area contributed by atoms with Crippen molar-refractivity contribution in [3.63, 3.8) is 0 Å². The summed E-state index contributed by atoms with van der Waals surface area (Å²) in [7, 11) is 0. The first-order chi connectivity index (χ1) is 10.6. The molecule has 4 heteroatoms. The molecule has 0 aliphatic carbocycles. The van der Waals surface area contributed by atoms with Gasteiger partial charge in [-0.05, 0) is 35.7 Å². The monoisotopic (exact) mass is 325 g/mol. The third-order valence-corrected chi connectivity index (χ3v) is 4.25. The first-order valence-corrected chi connectivity index (χ1v) is 7.51. The number of benzene rings is 2. The molecule has 4 aromatic rings. The maximum absolute atomic E-state index is 12.9. The Balaban J connectivity index is 2.30. The number of nitrogens with zero attached hydrogens (tertiary/aromatic N) is 1. The Hall–Kier alpha value is -2.16. The number of aromatic nitrogens is 1. The van der Waals surface area contributed by atoms with Crippen LogP contribution in [-0.4, -0.2) is 4.98 Å². The molecular formula is C18H9Cl2NO. The van der Waals surface area contributed by atoms with Gasteiger partial charge in [0.05, 0.1) is 16.1 Å². The molecule has 1 aromatic heterocycles. The molecule has 0 unspecified atom stereocenters. The third kappa shape index (κ3) is 2.04. The average molecular weight is 326 g/mol. The standard InChI is InChI=1S/C18H9Cl2NO/c19-12-7-11-5-6-16-13(18(22)17(11)14(20)9-12)8-10-3-1-2-4-15(10)21-16/h1-9H. The van der Waals surface area contributed by atoms with E-state index in [0.29, 0.717) is 31.7 Å². The number of pyridine rings is 1. The molecule has 0 atom stereocenters. The van der Waals surface area contributed by atoms with Gasteiger partial charge in [0.15, 0.2) is 5.43 Å². The SMILES string of the molecule is O=c1c2cc3ccccc3nc2ccc2cc(Cl)cc(Cl)c12. The van der Waals surface area contributed by atoms with E-state index in [9.17, 15) is 4.79 Å². The molecule has 0 bridgehead atoms. The molecule has 0 saturated heterocycles. The maximum atomic E-state index is 12.9. The van der Waals surface area contributed by atoms with Gasteiger partial charge in [-0.15, -0.1) is 0 Å². The predicted molar refractivity (Wildman–Crippen MR) is 93.0 cm³/mol. The molecule has 0 N–H and O–H groups in total. The molecule has 4 rings (SSSR count). The highest BCUT2D eigenvalue weighted by Crippen LogP contribution is 2.27. The smallest absolute Gasteiger partial charge is 0.197 e. The van der Waals surface area contributed by atoms with Crippen molar-refractivity contribution < 1.29 is 0 Å². The molecule has 0 fully saturated rings. The molecule has 106 valence electrons. The van der Waals surface area contributed by atoms with E-state index in [2.05, 4.69) is 4.98 Å². The summed E-state index contributed by atoms with van der Waals surface area (Å²) in [5.74, 6) is 0. The minimum atomic E-state index is -0.130. The van der Waals surface area contributed by atoms with Crippen LogP contribution in [0.25, 0.3) is 32.6 Å². The van der Waals surface area contributed by atoms with E-state index in [4.69, 9.17) is 23.2 Å². The quantitative estimate of drug-likeness (QED) is 0.444. The summed E-state index contributed by atoms with van der Waals surface area (Å²) in [5, 5.41) is 3.53. The van der Waals surface area contributed by atoms with Gasteiger partial charge in [-0.25, -0.2) is 4.98 Å². The van der Waals surface area contributed by atoms with E-state index in [1.165, 1.54) is 0 Å². The van der Waals surface area contributed by atoms with E-state index in [-0.39, 0.29) is 5.43 Å². The second-order valence-corrected chi connectivity index (χ2v) is 5.97. The van der Waals surface area contributed by atoms with Crippen molar-refractivity contribution in [2.24, 2.45) is 0 Å². The number of halogens is 2. The van der Waals surface area contributed by atoms with Crippen molar-refractivity contribution in [3.8, 4) is 0 Å². The van der Waals surface area contributed by atoms with Crippen LogP contribution in [0.1, 0.15) is 0 Å². The predicted octanol–water partition coefficient (Wildman–Crippen LogP) is 5.21. The summed E-state index contributed by atoms with van der Waals surface area (Å²) >= 11 is 12.3. The summed E-state index contributed by atoms with van der Waals surface area (Å²) in [6.45, 7) is 0. The van der Waals surface area contributed by atoms with E-state index >= 15 is 0 Å². The van der Waals surface area contributed by atoms with Crippen LogP contribution >= 0.6 is 23.2 Å². The van der Waals surface area contributed by atoms with Crippen molar-refractivity contribution in [3.05, 3.63) is 74.9 Å². The van der Waals surface area contributed by atoms with Crippen LogP contribution < -0.4 is 5.43 Å². The number of hydrogen-bond acceptors (Lipinski definition) is 2. The lowest BCUT2D eigenvalue weighted by molar-refractivity contribution is 1.50. The lowest BCUT2D eigenvalue weighted by Crippen LogP contribution is -2.00. The second kappa shape index (κ2) is 4.94. The van der Waals surface area contributed by atoms with Crippen molar-refractivity contribution in [2.75, 3.05) is 0 Å². The van der Waals surface area contributed by atoms with Crippen LogP contribution in [0.15, 0.2) is 59.4 Å². The van der Waals surface area contributed by atoms with Crippen molar-refractivity contribution in [2.45, 2.75) is 0 Å². The summed E-state index contributed by atoms with van der Waals surface area (Å²) in [5.41, 5.74) is 1.37. The Bertz CT molecular complexity index is 1120. The van der Waals surface area contributed by atoms with Gasteiger partial charge in [-0.1, -0.05) is 47.5 Å². The van der Waals surface area contributed by atoms with Crippen molar-refractivity contribution in [1.82, 2.24) is 4.98 Å². The molecule has 3 aromatic carbocycles. The summed E-state index contributed by atoms with van der Waals surface area (Å²) in [4.78, 5) is 17.5. The zero-order valence-electron chi connectivity index (χ0n) is 11.3. The highest BCUT2D eigenvalue weighted by molar-refractivity contribution is 6.38. The molecular weight excluding hydrogens is 317 g/mol. The van der Waals surface area contributed by atoms with Gasteiger partial charge in [0.2, 0.25) is 0 Å². The number of para-hydroxylation sites is 1. The molecule has 22 heavy (non-hydrogen) atoms. The Labute approximate surface area is 135 Å². The largest absolute Gasteiger partial charge is 0.288 e. The summed E-state index contributed by atoms with van der Waals surface area (Å²) in [6, 6.07) is 16.6. The van der Waals surface area contributed by atoms with Gasteiger partial charge in [-0.2, -0.15) is 0 Å². The molecule has 0 spiro atoms. The lowest BCUT2D eigenvalue weighted by atomic mass is 10.1. The minimum Gasteiger partial charge on any atom is -0.288 e. The van der Waals surface area contributed by atoms with E-state index in [1.807, 2.05) is 42.5 Å². The van der Waals surface area contributed by atoms with Gasteiger partial charge in [0.25, 0.3) is 0 Å². The van der Waals surface area contributed by atoms with Crippen molar-refractivity contribution in [1.29, 1.82) is 0 Å². The van der Waals surface area contributed by atoms with Crippen molar-refractivity contribution >= 4 is 55.8 Å². The highest BCUT2D eigenvalue weighted by atomic mass is 35.5. The fraction of sp³-hybridized carbons (Fsp3) is 0. The minimum absolute atomic E-state index is 0.130. The van der Waals surface area contributed by atoms with Gasteiger partial charge in [0.1, 0.15) is 0 Å². The first-order valence-electron chi connectivity index (χ1n) is 6.75.